The van der Waals surface area contributed by atoms with Gasteiger partial charge in [0, 0.05) is 6.07 Å². The Labute approximate surface area is 129 Å². The molecule has 0 aliphatic carbocycles. The van der Waals surface area contributed by atoms with Crippen molar-refractivity contribution in [2.24, 2.45) is 0 Å². The molecule has 2 aromatic rings. The smallest absolute Gasteiger partial charge is 0.362 e. The van der Waals surface area contributed by atoms with E-state index in [0.29, 0.717) is 17.2 Å². The third-order valence-electron chi connectivity index (χ3n) is 2.60. The molecule has 1 amide bonds. The first-order valence-electron chi connectivity index (χ1n) is 6.56. The van der Waals surface area contributed by atoms with E-state index in [1.165, 1.54) is 4.68 Å². The first-order valence-corrected chi connectivity index (χ1v) is 6.56. The van der Waals surface area contributed by atoms with Crippen molar-refractivity contribution in [2.75, 3.05) is 18.5 Å². The van der Waals surface area contributed by atoms with Crippen molar-refractivity contribution in [1.29, 1.82) is 0 Å². The Balaban J connectivity index is 2.05. The van der Waals surface area contributed by atoms with Gasteiger partial charge in [0.1, 0.15) is 19.0 Å². The van der Waals surface area contributed by atoms with E-state index in [1.54, 1.807) is 32.0 Å². The fourth-order valence-corrected chi connectivity index (χ4v) is 1.71. The lowest BCUT2D eigenvalue weighted by molar-refractivity contribution is -0.174. The van der Waals surface area contributed by atoms with E-state index in [1.807, 2.05) is 0 Å². The molecule has 0 fully saturated rings. The Morgan fingerprint density at radius 2 is 2.00 bits per heavy atom. The molecule has 0 unspecified atom stereocenters. The minimum Gasteiger partial charge on any atom is -0.362 e. The fraction of sp³-hybridized carbons (Fsp3) is 0.385. The van der Waals surface area contributed by atoms with Crippen LogP contribution in [0.2, 0.25) is 0 Å². The Morgan fingerprint density at radius 1 is 1.26 bits per heavy atom. The van der Waals surface area contributed by atoms with Gasteiger partial charge in [0.25, 0.3) is 5.91 Å². The molecule has 0 aliphatic rings. The summed E-state index contributed by atoms with van der Waals surface area (Å²) in [5, 5.41) is 14.4. The number of amides is 1. The van der Waals surface area contributed by atoms with E-state index in [4.69, 9.17) is 0 Å². The normalized spacial score (nSPS) is 11.5. The maximum atomic E-state index is 12.0. The van der Waals surface area contributed by atoms with Crippen LogP contribution in [0, 0.1) is 13.8 Å². The van der Waals surface area contributed by atoms with Gasteiger partial charge in [-0.25, -0.2) is 0 Å². The van der Waals surface area contributed by atoms with Gasteiger partial charge >= 0.3 is 6.18 Å². The van der Waals surface area contributed by atoms with Crippen LogP contribution in [0.15, 0.2) is 18.2 Å². The van der Waals surface area contributed by atoms with Crippen molar-refractivity contribution in [2.45, 2.75) is 20.0 Å². The summed E-state index contributed by atoms with van der Waals surface area (Å²) < 4.78 is 41.5. The fourth-order valence-electron chi connectivity index (χ4n) is 1.71. The number of ether oxygens (including phenoxy) is 1. The lowest BCUT2D eigenvalue weighted by Crippen LogP contribution is -2.24. The van der Waals surface area contributed by atoms with E-state index in [2.05, 4.69) is 25.3 Å². The number of aromatic nitrogens is 4. The Kier molecular flexibility index (Phi) is 4.94. The highest BCUT2D eigenvalue weighted by Crippen LogP contribution is 2.16. The Bertz CT molecular complexity index is 682. The molecular weight excluding hydrogens is 315 g/mol. The zero-order valence-corrected chi connectivity index (χ0v) is 12.4. The topological polar surface area (TPSA) is 81.9 Å². The van der Waals surface area contributed by atoms with E-state index in [9.17, 15) is 18.0 Å². The van der Waals surface area contributed by atoms with Gasteiger partial charge < -0.3 is 10.1 Å². The third-order valence-corrected chi connectivity index (χ3v) is 2.60. The van der Waals surface area contributed by atoms with Crippen molar-refractivity contribution in [1.82, 2.24) is 20.0 Å². The molecule has 2 rings (SSSR count). The molecule has 0 spiro atoms. The largest absolute Gasteiger partial charge is 0.411 e. The van der Waals surface area contributed by atoms with E-state index < -0.39 is 25.3 Å². The summed E-state index contributed by atoms with van der Waals surface area (Å²) in [5.74, 6) is -0.0908. The first kappa shape index (κ1) is 16.9. The van der Waals surface area contributed by atoms with E-state index >= 15 is 0 Å². The van der Waals surface area contributed by atoms with Gasteiger partial charge in [-0.1, -0.05) is 0 Å². The second-order valence-electron chi connectivity index (χ2n) is 4.77. The summed E-state index contributed by atoms with van der Waals surface area (Å²) in [6.45, 7) is 1.27. The van der Waals surface area contributed by atoms with Crippen LogP contribution in [-0.2, 0) is 9.53 Å². The molecule has 10 heteroatoms. The van der Waals surface area contributed by atoms with E-state index in [-0.39, 0.29) is 5.82 Å². The summed E-state index contributed by atoms with van der Waals surface area (Å²) in [6, 6.07) is 4.94. The van der Waals surface area contributed by atoms with Gasteiger partial charge in [0.2, 0.25) is 0 Å². The first-order chi connectivity index (χ1) is 10.7. The second kappa shape index (κ2) is 6.73. The number of alkyl halides is 3. The quantitative estimate of drug-likeness (QED) is 0.904. The minimum absolute atomic E-state index is 0.265. The summed E-state index contributed by atoms with van der Waals surface area (Å²) in [6.07, 6.45) is -4.48. The number of carbonyl (C=O) groups is 1. The maximum absolute atomic E-state index is 12.0. The van der Waals surface area contributed by atoms with Crippen molar-refractivity contribution < 1.29 is 22.7 Å². The molecule has 0 saturated heterocycles. The number of halogens is 3. The number of nitrogens with one attached hydrogen (secondary N) is 1. The number of nitrogens with zero attached hydrogens (tertiary/aromatic N) is 4. The number of aryl methyl sites for hydroxylation is 2. The highest BCUT2D eigenvalue weighted by atomic mass is 19.4. The zero-order valence-electron chi connectivity index (χ0n) is 12.4. The highest BCUT2D eigenvalue weighted by Gasteiger charge is 2.27. The van der Waals surface area contributed by atoms with Crippen LogP contribution in [-0.4, -0.2) is 45.3 Å². The van der Waals surface area contributed by atoms with Crippen LogP contribution in [0.3, 0.4) is 0 Å². The summed E-state index contributed by atoms with van der Waals surface area (Å²) in [7, 11) is 0. The van der Waals surface area contributed by atoms with Crippen molar-refractivity contribution in [3.8, 4) is 5.82 Å². The molecule has 0 radical (unpaired) electrons. The van der Waals surface area contributed by atoms with Crippen molar-refractivity contribution in [3.63, 3.8) is 0 Å². The molecule has 2 heterocycles. The molecule has 1 N–H and O–H groups in total. The second-order valence-corrected chi connectivity index (χ2v) is 4.77. The molecule has 0 bridgehead atoms. The van der Waals surface area contributed by atoms with Crippen LogP contribution in [0.1, 0.15) is 11.4 Å². The number of hydrogen-bond donors (Lipinski definition) is 1. The van der Waals surface area contributed by atoms with Gasteiger partial charge in [-0.05, 0) is 26.0 Å². The molecule has 2 aromatic heterocycles. The average Bonchev–Trinajstić information content (AvgIpc) is 2.79. The molecule has 23 heavy (non-hydrogen) atoms. The van der Waals surface area contributed by atoms with Gasteiger partial charge in [0.15, 0.2) is 5.82 Å². The number of hydrogen-bond acceptors (Lipinski definition) is 5. The Hall–Kier alpha value is -2.49. The van der Waals surface area contributed by atoms with Crippen LogP contribution in [0.4, 0.5) is 19.0 Å². The Morgan fingerprint density at radius 3 is 2.61 bits per heavy atom. The predicted octanol–water partition coefficient (Wildman–Crippen LogP) is 1.80. The molecule has 0 saturated carbocycles. The predicted molar refractivity (Wildman–Crippen MR) is 74.1 cm³/mol. The zero-order chi connectivity index (χ0) is 17.0. The van der Waals surface area contributed by atoms with Gasteiger partial charge in [-0.15, -0.1) is 5.10 Å². The third kappa shape index (κ3) is 5.02. The molecule has 124 valence electrons. The molecular formula is C13H14F3N5O2. The van der Waals surface area contributed by atoms with Crippen molar-refractivity contribution in [3.05, 3.63) is 29.6 Å². The number of anilines is 1. The number of carbonyl (C=O) groups excluding carboxylic acids is 1. The molecule has 0 aromatic carbocycles. The lowest BCUT2D eigenvalue weighted by Gasteiger charge is -2.09. The SMILES string of the molecule is Cc1ccc(-n2nc(C)cc2NC(=O)COCC(F)(F)F)nn1. The van der Waals surface area contributed by atoms with Gasteiger partial charge in [-0.3, -0.25) is 4.79 Å². The van der Waals surface area contributed by atoms with Gasteiger partial charge in [0.05, 0.1) is 11.4 Å². The van der Waals surface area contributed by atoms with Crippen LogP contribution in [0.25, 0.3) is 5.82 Å². The molecule has 0 aliphatic heterocycles. The summed E-state index contributed by atoms with van der Waals surface area (Å²) in [4.78, 5) is 11.7. The van der Waals surface area contributed by atoms with Crippen LogP contribution in [0.5, 0.6) is 0 Å². The monoisotopic (exact) mass is 329 g/mol. The van der Waals surface area contributed by atoms with Gasteiger partial charge in [-0.2, -0.15) is 28.1 Å². The average molecular weight is 329 g/mol. The molecule has 7 nitrogen and oxygen atoms in total. The minimum atomic E-state index is -4.48. The van der Waals surface area contributed by atoms with Crippen LogP contribution >= 0.6 is 0 Å². The van der Waals surface area contributed by atoms with Crippen LogP contribution < -0.4 is 5.32 Å². The number of rotatable bonds is 5. The molecule has 0 atom stereocenters. The summed E-state index contributed by atoms with van der Waals surface area (Å²) in [5.41, 5.74) is 1.31. The lowest BCUT2D eigenvalue weighted by atomic mass is 10.4. The summed E-state index contributed by atoms with van der Waals surface area (Å²) >= 11 is 0. The standard InChI is InChI=1S/C13H14F3N5O2/c1-8-3-4-10(19-18-8)21-11(5-9(2)20-21)17-12(22)6-23-7-13(14,15)16/h3-5H,6-7H2,1-2H3,(H,17,22). The highest BCUT2D eigenvalue weighted by molar-refractivity contribution is 5.91. The van der Waals surface area contributed by atoms with E-state index in [0.717, 1.165) is 0 Å². The maximum Gasteiger partial charge on any atom is 0.411 e. The van der Waals surface area contributed by atoms with Crippen molar-refractivity contribution >= 4 is 11.7 Å².